The maximum atomic E-state index is 12.6. The number of carbonyl (C=O) groups is 1. The fraction of sp³-hybridized carbons (Fsp3) is 0.182. The molecule has 78 valence electrons. The summed E-state index contributed by atoms with van der Waals surface area (Å²) in [5, 5.41) is 1.96. The minimum Gasteiger partial charge on any atom is -0.360 e. The number of thioether (sulfide) groups is 1. The number of nitrogens with zero attached hydrogens (tertiary/aromatic N) is 1. The Balaban J connectivity index is 2.01. The van der Waals surface area contributed by atoms with Crippen LogP contribution in [0.5, 0.6) is 0 Å². The Morgan fingerprint density at radius 1 is 1.40 bits per heavy atom. The topological polar surface area (TPSA) is 20.3 Å². The Morgan fingerprint density at radius 2 is 2.13 bits per heavy atom. The zero-order chi connectivity index (χ0) is 10.7. The van der Waals surface area contributed by atoms with Gasteiger partial charge in [-0.25, -0.2) is 4.39 Å². The second kappa shape index (κ2) is 4.49. The first-order valence-corrected chi connectivity index (χ1v) is 5.62. The predicted molar refractivity (Wildman–Crippen MR) is 59.0 cm³/mol. The number of carbonyl (C=O) groups excluding carboxylic acids is 1. The van der Waals surface area contributed by atoms with Crippen LogP contribution in [0.2, 0.25) is 0 Å². The summed E-state index contributed by atoms with van der Waals surface area (Å²) < 4.78 is 12.6. The number of halogens is 1. The molecule has 1 aliphatic heterocycles. The summed E-state index contributed by atoms with van der Waals surface area (Å²) in [6, 6.07) is 5.65. The summed E-state index contributed by atoms with van der Waals surface area (Å²) in [6.45, 7) is 0.356. The van der Waals surface area contributed by atoms with Crippen LogP contribution >= 0.6 is 11.8 Å². The maximum Gasteiger partial charge on any atom is 0.182 e. The van der Waals surface area contributed by atoms with Crippen LogP contribution in [0.25, 0.3) is 0 Å². The third kappa shape index (κ3) is 2.59. The first-order valence-electron chi connectivity index (χ1n) is 4.57. The van der Waals surface area contributed by atoms with Gasteiger partial charge in [-0.1, -0.05) is 0 Å². The molecule has 1 aromatic rings. The highest BCUT2D eigenvalue weighted by atomic mass is 32.2. The van der Waals surface area contributed by atoms with Crippen molar-refractivity contribution < 1.29 is 9.18 Å². The minimum atomic E-state index is -0.317. The van der Waals surface area contributed by atoms with Crippen LogP contribution in [-0.4, -0.2) is 23.1 Å². The lowest BCUT2D eigenvalue weighted by molar-refractivity contribution is 0.0963. The van der Waals surface area contributed by atoms with E-state index < -0.39 is 0 Å². The molecule has 0 bridgehead atoms. The highest BCUT2D eigenvalue weighted by Crippen LogP contribution is 2.15. The largest absolute Gasteiger partial charge is 0.360 e. The molecule has 0 saturated heterocycles. The van der Waals surface area contributed by atoms with E-state index in [0.717, 1.165) is 5.88 Å². The number of hydrogen-bond donors (Lipinski definition) is 0. The second-order valence-corrected chi connectivity index (χ2v) is 4.12. The minimum absolute atomic E-state index is 0.0159. The van der Waals surface area contributed by atoms with Gasteiger partial charge in [-0.05, 0) is 29.7 Å². The molecule has 0 unspecified atom stereocenters. The molecule has 0 N–H and O–H groups in total. The smallest absolute Gasteiger partial charge is 0.182 e. The Labute approximate surface area is 91.8 Å². The molecule has 2 rings (SSSR count). The van der Waals surface area contributed by atoms with Gasteiger partial charge in [0.15, 0.2) is 5.78 Å². The van der Waals surface area contributed by atoms with Gasteiger partial charge in [-0.2, -0.15) is 0 Å². The Hall–Kier alpha value is -1.29. The molecule has 0 saturated carbocycles. The second-order valence-electron chi connectivity index (χ2n) is 3.26. The molecule has 1 aromatic carbocycles. The number of ketones is 1. The van der Waals surface area contributed by atoms with Crippen molar-refractivity contribution in [2.75, 3.05) is 12.4 Å². The molecule has 4 heteroatoms. The SMILES string of the molecule is O=C(CN1C=CSC1)c1ccc(F)cc1. The lowest BCUT2D eigenvalue weighted by atomic mass is 10.1. The molecular weight excluding hydrogens is 213 g/mol. The van der Waals surface area contributed by atoms with E-state index >= 15 is 0 Å². The average molecular weight is 223 g/mol. The van der Waals surface area contributed by atoms with Crippen LogP contribution < -0.4 is 0 Å². The summed E-state index contributed by atoms with van der Waals surface area (Å²) in [7, 11) is 0. The summed E-state index contributed by atoms with van der Waals surface area (Å²) in [4.78, 5) is 13.6. The van der Waals surface area contributed by atoms with Gasteiger partial charge in [0.25, 0.3) is 0 Å². The van der Waals surface area contributed by atoms with Crippen molar-refractivity contribution in [3.05, 3.63) is 47.3 Å². The van der Waals surface area contributed by atoms with Crippen LogP contribution in [-0.2, 0) is 0 Å². The third-order valence-electron chi connectivity index (χ3n) is 2.12. The van der Waals surface area contributed by atoms with E-state index in [4.69, 9.17) is 0 Å². The van der Waals surface area contributed by atoms with Gasteiger partial charge < -0.3 is 4.90 Å². The summed E-state index contributed by atoms with van der Waals surface area (Å²) in [5.74, 6) is 0.512. The number of hydrogen-bond acceptors (Lipinski definition) is 3. The Kier molecular flexibility index (Phi) is 3.06. The molecule has 2 nitrogen and oxygen atoms in total. The third-order valence-corrected chi connectivity index (χ3v) is 2.92. The first kappa shape index (κ1) is 10.2. The van der Waals surface area contributed by atoms with E-state index in [1.165, 1.54) is 24.3 Å². The summed E-state index contributed by atoms with van der Waals surface area (Å²) in [6.07, 6.45) is 1.89. The van der Waals surface area contributed by atoms with Gasteiger partial charge in [0.2, 0.25) is 0 Å². The molecule has 1 aliphatic rings. The van der Waals surface area contributed by atoms with Gasteiger partial charge in [0, 0.05) is 11.8 Å². The van der Waals surface area contributed by atoms with E-state index in [1.807, 2.05) is 16.5 Å². The molecule has 15 heavy (non-hydrogen) atoms. The quantitative estimate of drug-likeness (QED) is 0.734. The van der Waals surface area contributed by atoms with Crippen molar-refractivity contribution in [3.63, 3.8) is 0 Å². The molecule has 0 amide bonds. The van der Waals surface area contributed by atoms with Crippen molar-refractivity contribution in [1.29, 1.82) is 0 Å². The van der Waals surface area contributed by atoms with Crippen molar-refractivity contribution in [3.8, 4) is 0 Å². The lowest BCUT2D eigenvalue weighted by Crippen LogP contribution is -2.22. The molecule has 1 heterocycles. The summed E-state index contributed by atoms with van der Waals surface area (Å²) in [5.41, 5.74) is 0.557. The zero-order valence-corrected chi connectivity index (χ0v) is 8.84. The molecule has 0 fully saturated rings. The highest BCUT2D eigenvalue weighted by molar-refractivity contribution is 8.02. The van der Waals surface area contributed by atoms with Gasteiger partial charge in [-0.3, -0.25) is 4.79 Å². The van der Waals surface area contributed by atoms with Crippen LogP contribution in [0.1, 0.15) is 10.4 Å². The standard InChI is InChI=1S/C11H10FNOS/c12-10-3-1-9(2-4-10)11(14)7-13-5-6-15-8-13/h1-6H,7-8H2. The van der Waals surface area contributed by atoms with Crippen molar-refractivity contribution in [1.82, 2.24) is 4.90 Å². The Morgan fingerprint density at radius 3 is 2.73 bits per heavy atom. The molecule has 0 spiro atoms. The molecule has 0 radical (unpaired) electrons. The van der Waals surface area contributed by atoms with Gasteiger partial charge in [-0.15, -0.1) is 11.8 Å². The molecule has 0 aromatic heterocycles. The van der Waals surface area contributed by atoms with E-state index in [0.29, 0.717) is 12.1 Å². The predicted octanol–water partition coefficient (Wildman–Crippen LogP) is 2.49. The molecule has 0 atom stereocenters. The van der Waals surface area contributed by atoms with E-state index in [9.17, 15) is 9.18 Å². The number of benzene rings is 1. The normalized spacial score (nSPS) is 14.6. The fourth-order valence-corrected chi connectivity index (χ4v) is 2.03. The maximum absolute atomic E-state index is 12.6. The number of Topliss-reactive ketones (excluding diaryl/α,β-unsaturated/α-hetero) is 1. The van der Waals surface area contributed by atoms with Crippen LogP contribution in [0.4, 0.5) is 4.39 Å². The summed E-state index contributed by atoms with van der Waals surface area (Å²) >= 11 is 1.65. The van der Waals surface area contributed by atoms with Crippen LogP contribution in [0, 0.1) is 5.82 Å². The van der Waals surface area contributed by atoms with Gasteiger partial charge >= 0.3 is 0 Å². The zero-order valence-electron chi connectivity index (χ0n) is 8.02. The Bertz CT molecular complexity index is 388. The van der Waals surface area contributed by atoms with Gasteiger partial charge in [0.1, 0.15) is 5.82 Å². The monoisotopic (exact) mass is 223 g/mol. The van der Waals surface area contributed by atoms with Crippen LogP contribution in [0.15, 0.2) is 35.9 Å². The number of rotatable bonds is 3. The van der Waals surface area contributed by atoms with Crippen molar-refractivity contribution >= 4 is 17.5 Å². The van der Waals surface area contributed by atoms with Crippen molar-refractivity contribution in [2.24, 2.45) is 0 Å². The molecular formula is C11H10FNOS. The van der Waals surface area contributed by atoms with Gasteiger partial charge in [0.05, 0.1) is 12.4 Å². The van der Waals surface area contributed by atoms with Crippen LogP contribution in [0.3, 0.4) is 0 Å². The first-order chi connectivity index (χ1) is 7.25. The van der Waals surface area contributed by atoms with E-state index in [-0.39, 0.29) is 11.6 Å². The van der Waals surface area contributed by atoms with Crippen molar-refractivity contribution in [2.45, 2.75) is 0 Å². The average Bonchev–Trinajstić information content (AvgIpc) is 2.71. The van der Waals surface area contributed by atoms with E-state index in [1.54, 1.807) is 11.8 Å². The molecule has 0 aliphatic carbocycles. The lowest BCUT2D eigenvalue weighted by Gasteiger charge is -2.12. The fourth-order valence-electron chi connectivity index (χ4n) is 1.32. The van der Waals surface area contributed by atoms with E-state index in [2.05, 4.69) is 0 Å². The highest BCUT2D eigenvalue weighted by Gasteiger charge is 2.11.